The Morgan fingerprint density at radius 1 is 1.26 bits per heavy atom. The van der Waals surface area contributed by atoms with Crippen LogP contribution in [-0.4, -0.2) is 61.7 Å². The number of hydrogen-bond donors (Lipinski definition) is 2. The van der Waals surface area contributed by atoms with Crippen LogP contribution in [0.2, 0.25) is 0 Å². The number of anilines is 2. The van der Waals surface area contributed by atoms with Crippen molar-refractivity contribution in [3.8, 4) is 0 Å². The number of nitrogens with zero attached hydrogens (tertiary/aromatic N) is 3. The topological polar surface area (TPSA) is 103 Å². The van der Waals surface area contributed by atoms with E-state index in [4.69, 9.17) is 9.90 Å². The third-order valence-corrected chi connectivity index (χ3v) is 8.10. The molecule has 212 valence electrons. The molecule has 0 spiro atoms. The van der Waals surface area contributed by atoms with E-state index in [1.165, 1.54) is 34.5 Å². The number of halogens is 4. The lowest BCUT2D eigenvalue weighted by Crippen LogP contribution is -2.35. The van der Waals surface area contributed by atoms with E-state index in [-0.39, 0.29) is 16.8 Å². The maximum Gasteiger partial charge on any atom is 0.490 e. The number of alkyl halides is 3. The van der Waals surface area contributed by atoms with Gasteiger partial charge in [-0.25, -0.2) is 22.6 Å². The second-order valence-corrected chi connectivity index (χ2v) is 11.2. The number of likely N-dealkylation sites (N-methyl/N-ethyl adjacent to an activating group) is 1. The van der Waals surface area contributed by atoms with Crippen LogP contribution in [0.5, 0.6) is 0 Å². The van der Waals surface area contributed by atoms with E-state index < -0.39 is 28.0 Å². The van der Waals surface area contributed by atoms with Crippen LogP contribution in [0.3, 0.4) is 0 Å². The summed E-state index contributed by atoms with van der Waals surface area (Å²) in [4.78, 5) is 17.0. The van der Waals surface area contributed by atoms with E-state index in [9.17, 15) is 21.6 Å². The fraction of sp³-hybridized carbons (Fsp3) is 0.360. The first-order valence-corrected chi connectivity index (χ1v) is 14.3. The molecule has 2 heterocycles. The monoisotopic (exact) mass is 588 g/mol. The van der Waals surface area contributed by atoms with Gasteiger partial charge in [-0.3, -0.25) is 9.62 Å². The number of carboxylic acid groups (broad SMARTS) is 1. The molecule has 0 saturated carbocycles. The molecular weight excluding hydrogens is 560 g/mol. The lowest BCUT2D eigenvalue weighted by atomic mass is 10.1. The molecule has 2 N–H and O–H groups in total. The average Bonchev–Trinajstić information content (AvgIpc) is 3.56. The van der Waals surface area contributed by atoms with Gasteiger partial charge in [0.15, 0.2) is 5.82 Å². The summed E-state index contributed by atoms with van der Waals surface area (Å²) in [6, 6.07) is 13.4. The van der Waals surface area contributed by atoms with Gasteiger partial charge in [0.1, 0.15) is 10.7 Å². The number of aryl methyl sites for hydroxylation is 1. The minimum Gasteiger partial charge on any atom is -0.475 e. The Balaban J connectivity index is 0.000000532. The van der Waals surface area contributed by atoms with E-state index >= 15 is 4.39 Å². The van der Waals surface area contributed by atoms with Crippen LogP contribution in [0.4, 0.5) is 29.1 Å². The minimum absolute atomic E-state index is 0.193. The molecule has 1 aliphatic rings. The number of aromatic nitrogens is 1. The van der Waals surface area contributed by atoms with Crippen molar-refractivity contribution in [2.24, 2.45) is 0 Å². The molecule has 1 aromatic heterocycles. The second-order valence-electron chi connectivity index (χ2n) is 8.82. The fourth-order valence-electron chi connectivity index (χ4n) is 4.17. The largest absolute Gasteiger partial charge is 0.490 e. The molecule has 0 bridgehead atoms. The number of nitrogens with one attached hydrogen (secondary N) is 1. The van der Waals surface area contributed by atoms with Crippen LogP contribution >= 0.6 is 11.3 Å². The third kappa shape index (κ3) is 8.13. The Bertz CT molecular complexity index is 1350. The van der Waals surface area contributed by atoms with Gasteiger partial charge in [-0.05, 0) is 36.1 Å². The van der Waals surface area contributed by atoms with Crippen molar-refractivity contribution in [2.45, 2.75) is 43.4 Å². The fourth-order valence-corrected chi connectivity index (χ4v) is 5.84. The summed E-state index contributed by atoms with van der Waals surface area (Å²) in [5.74, 6) is -3.32. The Morgan fingerprint density at radius 3 is 2.49 bits per heavy atom. The molecule has 0 amide bonds. The number of carboxylic acids is 1. The van der Waals surface area contributed by atoms with Gasteiger partial charge >= 0.3 is 12.1 Å². The number of rotatable bonds is 8. The first-order valence-electron chi connectivity index (χ1n) is 11.8. The molecule has 1 unspecified atom stereocenters. The van der Waals surface area contributed by atoms with Crippen LogP contribution in [0, 0.1) is 5.82 Å². The van der Waals surface area contributed by atoms with Crippen LogP contribution in [0.25, 0.3) is 0 Å². The van der Waals surface area contributed by atoms with Crippen molar-refractivity contribution in [3.63, 3.8) is 0 Å². The van der Waals surface area contributed by atoms with E-state index in [2.05, 4.69) is 31.6 Å². The zero-order valence-corrected chi connectivity index (χ0v) is 22.8. The highest BCUT2D eigenvalue weighted by atomic mass is 32.2. The number of carbonyl (C=O) groups is 1. The molecule has 0 radical (unpaired) electrons. The van der Waals surface area contributed by atoms with Crippen molar-refractivity contribution in [2.75, 3.05) is 29.8 Å². The standard InChI is InChI=1S/C23H27FN4O2S2.C2HF3O2/c1-3-18-11-22(32(29,30)26-23-15-31-16-25-23)20(24)12-21(18)27(2)19-9-10-28(14-19)13-17-7-5-4-6-8-17;3-2(4,5)1(6)7/h4-8,11-12,15-16,19,26H,3,9-10,13-14H2,1-2H3;(H,6,7). The lowest BCUT2D eigenvalue weighted by Gasteiger charge is -2.29. The highest BCUT2D eigenvalue weighted by molar-refractivity contribution is 7.92. The third-order valence-electron chi connectivity index (χ3n) is 6.14. The molecule has 2 aromatic carbocycles. The van der Waals surface area contributed by atoms with Gasteiger partial charge in [0.05, 0.1) is 5.51 Å². The summed E-state index contributed by atoms with van der Waals surface area (Å²) in [6.07, 6.45) is -3.51. The summed E-state index contributed by atoms with van der Waals surface area (Å²) in [7, 11) is -2.09. The number of sulfonamides is 1. The first kappa shape index (κ1) is 30.3. The number of thiazole rings is 1. The molecule has 8 nitrogen and oxygen atoms in total. The van der Waals surface area contributed by atoms with Crippen LogP contribution < -0.4 is 9.62 Å². The predicted octanol–water partition coefficient (Wildman–Crippen LogP) is 4.99. The van der Waals surface area contributed by atoms with E-state index in [0.29, 0.717) is 6.42 Å². The van der Waals surface area contributed by atoms with Gasteiger partial charge in [0, 0.05) is 43.8 Å². The SMILES string of the molecule is CCc1cc(S(=O)(=O)Nc2cscn2)c(F)cc1N(C)C1CCN(Cc2ccccc2)C1.O=C(O)C(F)(F)F. The summed E-state index contributed by atoms with van der Waals surface area (Å²) >= 11 is 1.27. The second kappa shape index (κ2) is 12.7. The molecule has 14 heteroatoms. The predicted molar refractivity (Wildman–Crippen MR) is 141 cm³/mol. The highest BCUT2D eigenvalue weighted by Gasteiger charge is 2.38. The Labute approximate surface area is 228 Å². The molecule has 1 fully saturated rings. The molecule has 0 aliphatic carbocycles. The maximum atomic E-state index is 15.0. The molecule has 1 aliphatic heterocycles. The normalized spacial score (nSPS) is 15.9. The van der Waals surface area contributed by atoms with E-state index in [1.54, 1.807) is 5.38 Å². The molecule has 1 atom stereocenters. The average molecular weight is 589 g/mol. The Kier molecular flexibility index (Phi) is 9.91. The number of hydrogen-bond acceptors (Lipinski definition) is 7. The van der Waals surface area contributed by atoms with E-state index in [0.717, 1.165) is 37.3 Å². The van der Waals surface area contributed by atoms with Gasteiger partial charge in [-0.2, -0.15) is 13.2 Å². The van der Waals surface area contributed by atoms with Crippen molar-refractivity contribution in [1.82, 2.24) is 9.88 Å². The van der Waals surface area contributed by atoms with Crippen molar-refractivity contribution >= 4 is 38.8 Å². The summed E-state index contributed by atoms with van der Waals surface area (Å²) in [6.45, 7) is 4.68. The van der Waals surface area contributed by atoms with Gasteiger partial charge < -0.3 is 10.0 Å². The molecule has 4 rings (SSSR count). The number of likely N-dealkylation sites (tertiary alicyclic amines) is 1. The van der Waals surface area contributed by atoms with Gasteiger partial charge in [0.25, 0.3) is 10.0 Å². The maximum absolute atomic E-state index is 15.0. The van der Waals surface area contributed by atoms with Gasteiger partial charge in [0.2, 0.25) is 0 Å². The van der Waals surface area contributed by atoms with Crippen molar-refractivity contribution in [1.29, 1.82) is 0 Å². The quantitative estimate of drug-likeness (QED) is 0.358. The zero-order chi connectivity index (χ0) is 28.8. The molecule has 3 aromatic rings. The van der Waals surface area contributed by atoms with Gasteiger partial charge in [-0.1, -0.05) is 37.3 Å². The van der Waals surface area contributed by atoms with Crippen LogP contribution in [-0.2, 0) is 27.8 Å². The highest BCUT2D eigenvalue weighted by Crippen LogP contribution is 2.31. The first-order chi connectivity index (χ1) is 18.3. The Hall–Kier alpha value is -3.23. The van der Waals surface area contributed by atoms with Crippen LogP contribution in [0.15, 0.2) is 58.3 Å². The van der Waals surface area contributed by atoms with Gasteiger partial charge in [-0.15, -0.1) is 11.3 Å². The van der Waals surface area contributed by atoms with Crippen LogP contribution in [0.1, 0.15) is 24.5 Å². The number of benzene rings is 2. The Morgan fingerprint density at radius 2 is 1.92 bits per heavy atom. The summed E-state index contributed by atoms with van der Waals surface area (Å²) in [5.41, 5.74) is 4.34. The van der Waals surface area contributed by atoms with E-state index in [1.807, 2.05) is 32.2 Å². The molecule has 1 saturated heterocycles. The van der Waals surface area contributed by atoms with Crippen molar-refractivity contribution in [3.05, 3.63) is 70.3 Å². The molecule has 39 heavy (non-hydrogen) atoms. The smallest absolute Gasteiger partial charge is 0.475 e. The molecular formula is C25H28F4N4O4S2. The zero-order valence-electron chi connectivity index (χ0n) is 21.2. The number of aliphatic carboxylic acids is 1. The summed E-state index contributed by atoms with van der Waals surface area (Å²) < 4.78 is 74.6. The minimum atomic E-state index is -5.08. The summed E-state index contributed by atoms with van der Waals surface area (Å²) in [5, 5.41) is 8.69. The lowest BCUT2D eigenvalue weighted by molar-refractivity contribution is -0.192. The van der Waals surface area contributed by atoms with Crippen molar-refractivity contribution < 1.29 is 35.9 Å².